The summed E-state index contributed by atoms with van der Waals surface area (Å²) in [6.07, 6.45) is 1.39. The molecule has 1 heterocycles. The van der Waals surface area contributed by atoms with Gasteiger partial charge in [0.15, 0.2) is 11.6 Å². The van der Waals surface area contributed by atoms with E-state index in [0.717, 1.165) is 6.07 Å². The molecule has 2 aromatic carbocycles. The third-order valence-electron chi connectivity index (χ3n) is 3.34. The fraction of sp³-hybridized carbons (Fsp3) is 0.0625. The van der Waals surface area contributed by atoms with Gasteiger partial charge in [-0.3, -0.25) is 4.57 Å². The van der Waals surface area contributed by atoms with Gasteiger partial charge in [-0.05, 0) is 52.3 Å². The molecule has 0 amide bonds. The summed E-state index contributed by atoms with van der Waals surface area (Å²) in [6, 6.07) is 7.81. The van der Waals surface area contributed by atoms with E-state index < -0.39 is 17.5 Å². The normalized spacial score (nSPS) is 10.8. The number of hydrogen-bond donors (Lipinski definition) is 0. The number of ether oxygens (including phenoxy) is 1. The zero-order chi connectivity index (χ0) is 16.6. The number of benzene rings is 2. The van der Waals surface area contributed by atoms with Gasteiger partial charge in [-0.2, -0.15) is 0 Å². The fourth-order valence-electron chi connectivity index (χ4n) is 2.26. The van der Waals surface area contributed by atoms with Crippen LogP contribution in [0.3, 0.4) is 0 Å². The van der Waals surface area contributed by atoms with Crippen molar-refractivity contribution in [2.75, 3.05) is 7.11 Å². The van der Waals surface area contributed by atoms with Crippen LogP contribution in [0.15, 0.2) is 47.3 Å². The van der Waals surface area contributed by atoms with Crippen LogP contribution >= 0.6 is 15.9 Å². The molecule has 7 heteroatoms. The van der Waals surface area contributed by atoms with Crippen LogP contribution in [0.25, 0.3) is 16.9 Å². The minimum Gasteiger partial charge on any atom is -0.494 e. The van der Waals surface area contributed by atoms with Gasteiger partial charge in [0.05, 0.1) is 18.4 Å². The average molecular weight is 383 g/mol. The van der Waals surface area contributed by atoms with Gasteiger partial charge in [-0.15, -0.1) is 0 Å². The van der Waals surface area contributed by atoms with Crippen molar-refractivity contribution in [2.24, 2.45) is 0 Å². The van der Waals surface area contributed by atoms with E-state index in [1.807, 2.05) is 0 Å². The average Bonchev–Trinajstić information content (AvgIpc) is 2.90. The van der Waals surface area contributed by atoms with Crippen LogP contribution in [-0.2, 0) is 0 Å². The predicted octanol–water partition coefficient (Wildman–Crippen LogP) is 4.73. The minimum absolute atomic E-state index is 0.0832. The highest BCUT2D eigenvalue weighted by Gasteiger charge is 2.23. The van der Waals surface area contributed by atoms with Gasteiger partial charge in [-0.1, -0.05) is 0 Å². The van der Waals surface area contributed by atoms with Crippen LogP contribution in [0.5, 0.6) is 5.75 Å². The molecule has 23 heavy (non-hydrogen) atoms. The summed E-state index contributed by atoms with van der Waals surface area (Å²) in [5, 5.41) is 0. The highest BCUT2D eigenvalue weighted by Crippen LogP contribution is 2.36. The van der Waals surface area contributed by atoms with Crippen molar-refractivity contribution in [3.05, 3.63) is 64.8 Å². The second-order valence-corrected chi connectivity index (χ2v) is 5.42. The third kappa shape index (κ3) is 2.72. The van der Waals surface area contributed by atoms with Gasteiger partial charge >= 0.3 is 0 Å². The van der Waals surface area contributed by atoms with Gasteiger partial charge in [0, 0.05) is 5.69 Å². The number of methoxy groups -OCH3 is 1. The third-order valence-corrected chi connectivity index (χ3v) is 3.92. The molecule has 3 nitrogen and oxygen atoms in total. The lowest BCUT2D eigenvalue weighted by Crippen LogP contribution is -2.01. The maximum atomic E-state index is 14.5. The number of halogens is 4. The highest BCUT2D eigenvalue weighted by atomic mass is 79.9. The molecule has 0 aliphatic heterocycles. The highest BCUT2D eigenvalue weighted by molar-refractivity contribution is 9.10. The van der Waals surface area contributed by atoms with Gasteiger partial charge < -0.3 is 4.74 Å². The molecular formula is C16H10BrF3N2O. The molecule has 0 unspecified atom stereocenters. The molecule has 0 aliphatic carbocycles. The first-order valence-electron chi connectivity index (χ1n) is 6.54. The minimum atomic E-state index is -0.836. The Morgan fingerprint density at radius 3 is 2.39 bits per heavy atom. The zero-order valence-corrected chi connectivity index (χ0v) is 13.4. The number of rotatable bonds is 3. The Labute approximate surface area is 138 Å². The van der Waals surface area contributed by atoms with Crippen LogP contribution in [0.4, 0.5) is 13.2 Å². The summed E-state index contributed by atoms with van der Waals surface area (Å²) in [5.41, 5.74) is 0.407. The molecule has 0 N–H and O–H groups in total. The first-order valence-corrected chi connectivity index (χ1v) is 7.33. The van der Waals surface area contributed by atoms with Crippen molar-refractivity contribution < 1.29 is 17.9 Å². The number of imidazole rings is 1. The van der Waals surface area contributed by atoms with Crippen LogP contribution in [-0.4, -0.2) is 16.7 Å². The summed E-state index contributed by atoms with van der Waals surface area (Å²) < 4.78 is 48.5. The van der Waals surface area contributed by atoms with E-state index in [1.54, 1.807) is 0 Å². The van der Waals surface area contributed by atoms with Crippen LogP contribution in [0.2, 0.25) is 0 Å². The van der Waals surface area contributed by atoms with E-state index in [2.05, 4.69) is 20.9 Å². The Hall–Kier alpha value is -2.28. The van der Waals surface area contributed by atoms with Crippen molar-refractivity contribution >= 4 is 15.9 Å². The second-order valence-electron chi connectivity index (χ2n) is 4.67. The van der Waals surface area contributed by atoms with Crippen molar-refractivity contribution in [3.63, 3.8) is 0 Å². The fourth-order valence-corrected chi connectivity index (χ4v) is 2.74. The Balaban J connectivity index is 2.26. The van der Waals surface area contributed by atoms with E-state index in [-0.39, 0.29) is 21.6 Å². The maximum Gasteiger partial charge on any atom is 0.177 e. The molecule has 1 aromatic heterocycles. The van der Waals surface area contributed by atoms with Crippen molar-refractivity contribution in [1.82, 2.24) is 9.55 Å². The maximum absolute atomic E-state index is 14.5. The van der Waals surface area contributed by atoms with Gasteiger partial charge in [0.1, 0.15) is 22.6 Å². The Kier molecular flexibility index (Phi) is 4.12. The lowest BCUT2D eigenvalue weighted by Gasteiger charge is -2.12. The molecule has 0 atom stereocenters. The summed E-state index contributed by atoms with van der Waals surface area (Å²) >= 11 is 3.20. The standard InChI is InChI=1S/C16H10BrF3N2O/c1-23-12-7-6-11(19)13(14(12)20)15-16(17)21-8-22(15)10-4-2-9(18)3-5-10/h2-8H,1H3. The largest absolute Gasteiger partial charge is 0.494 e. The molecule has 0 aliphatic rings. The summed E-state index contributed by atoms with van der Waals surface area (Å²) in [7, 11) is 1.30. The van der Waals surface area contributed by atoms with Crippen LogP contribution < -0.4 is 4.74 Å². The molecule has 0 spiro atoms. The van der Waals surface area contributed by atoms with Crippen LogP contribution in [0.1, 0.15) is 0 Å². The SMILES string of the molecule is COc1ccc(F)c(-c2c(Br)ncn2-c2ccc(F)cc2)c1F. The smallest absolute Gasteiger partial charge is 0.177 e. The number of aromatic nitrogens is 2. The van der Waals surface area contributed by atoms with Gasteiger partial charge in [-0.25, -0.2) is 18.2 Å². The van der Waals surface area contributed by atoms with Crippen molar-refractivity contribution in [2.45, 2.75) is 0 Å². The summed E-state index contributed by atoms with van der Waals surface area (Å²) in [6.45, 7) is 0. The topological polar surface area (TPSA) is 27.1 Å². The molecule has 118 valence electrons. The van der Waals surface area contributed by atoms with E-state index in [0.29, 0.717) is 5.69 Å². The second kappa shape index (κ2) is 6.08. The van der Waals surface area contributed by atoms with E-state index >= 15 is 0 Å². The number of nitrogens with zero attached hydrogens (tertiary/aromatic N) is 2. The van der Waals surface area contributed by atoms with E-state index in [9.17, 15) is 13.2 Å². The first kappa shape index (κ1) is 15.6. The van der Waals surface area contributed by atoms with Crippen molar-refractivity contribution in [3.8, 4) is 22.7 Å². The molecule has 0 saturated heterocycles. The van der Waals surface area contributed by atoms with E-state index in [4.69, 9.17) is 4.74 Å². The Morgan fingerprint density at radius 1 is 1.04 bits per heavy atom. The molecule has 0 radical (unpaired) electrons. The predicted molar refractivity (Wildman–Crippen MR) is 83.1 cm³/mol. The lowest BCUT2D eigenvalue weighted by atomic mass is 10.1. The molecule has 3 aromatic rings. The van der Waals surface area contributed by atoms with Crippen molar-refractivity contribution in [1.29, 1.82) is 0 Å². The number of hydrogen-bond acceptors (Lipinski definition) is 2. The monoisotopic (exact) mass is 382 g/mol. The van der Waals surface area contributed by atoms with Gasteiger partial charge in [0.2, 0.25) is 0 Å². The Bertz CT molecular complexity index is 863. The molecule has 0 fully saturated rings. The lowest BCUT2D eigenvalue weighted by molar-refractivity contribution is 0.385. The molecule has 0 saturated carbocycles. The van der Waals surface area contributed by atoms with E-state index in [1.165, 1.54) is 48.3 Å². The van der Waals surface area contributed by atoms with Gasteiger partial charge in [0.25, 0.3) is 0 Å². The molecule has 3 rings (SSSR count). The quantitative estimate of drug-likeness (QED) is 0.654. The molecule has 0 bridgehead atoms. The summed E-state index contributed by atoms with van der Waals surface area (Å²) in [5.74, 6) is -2.08. The van der Waals surface area contributed by atoms with Crippen LogP contribution in [0, 0.1) is 17.5 Å². The first-order chi connectivity index (χ1) is 11.0. The molecular weight excluding hydrogens is 373 g/mol. The zero-order valence-electron chi connectivity index (χ0n) is 11.9. The Morgan fingerprint density at radius 2 is 1.74 bits per heavy atom. The summed E-state index contributed by atoms with van der Waals surface area (Å²) in [4.78, 5) is 4.04.